The lowest BCUT2D eigenvalue weighted by Gasteiger charge is -2.26. The molecule has 5 heterocycles. The standard InChI is InChI=1S/C26H23BrN8O3/c1-14(36)24-15-9-22(31-21-7-4-8-29-32-21)28-12-18(15)34(33-24)13-23(37)35-17(10-26(2)11-19(26)35)25(38)16-5-3-6-20(27)30-16/h3-9,12,17,19H,10-11,13H2,1-2H3,(H,28,31,32). The largest absolute Gasteiger partial charge is 0.327 e. The van der Waals surface area contributed by atoms with Crippen LogP contribution in [0.3, 0.4) is 0 Å². The number of likely N-dealkylation sites (tertiary alicyclic amines) is 1. The fourth-order valence-electron chi connectivity index (χ4n) is 5.31. The van der Waals surface area contributed by atoms with E-state index in [2.05, 4.69) is 53.4 Å². The summed E-state index contributed by atoms with van der Waals surface area (Å²) in [6.45, 7) is 3.41. The quantitative estimate of drug-likeness (QED) is 0.259. The zero-order valence-electron chi connectivity index (χ0n) is 20.6. The summed E-state index contributed by atoms with van der Waals surface area (Å²) in [6, 6.07) is 9.77. The van der Waals surface area contributed by atoms with Gasteiger partial charge in [-0.25, -0.2) is 9.97 Å². The smallest absolute Gasteiger partial charge is 0.245 e. The van der Waals surface area contributed by atoms with Crippen LogP contribution in [-0.2, 0) is 11.3 Å². The second kappa shape index (κ2) is 9.05. The number of carbonyl (C=O) groups excluding carboxylic acids is 3. The zero-order valence-corrected chi connectivity index (χ0v) is 22.2. The number of Topliss-reactive ketones (excluding diaryl/α,β-unsaturated/α-hetero) is 2. The first kappa shape index (κ1) is 24.3. The van der Waals surface area contributed by atoms with Crippen LogP contribution < -0.4 is 5.32 Å². The van der Waals surface area contributed by atoms with Crippen LogP contribution in [0.2, 0.25) is 0 Å². The number of amides is 1. The van der Waals surface area contributed by atoms with Crippen LogP contribution in [0.25, 0.3) is 10.9 Å². The zero-order chi connectivity index (χ0) is 26.6. The van der Waals surface area contributed by atoms with E-state index in [1.54, 1.807) is 53.7 Å². The maximum Gasteiger partial charge on any atom is 0.245 e. The van der Waals surface area contributed by atoms with Crippen LogP contribution in [0.1, 0.15) is 47.7 Å². The van der Waals surface area contributed by atoms with Crippen molar-refractivity contribution in [3.8, 4) is 0 Å². The van der Waals surface area contributed by atoms with Crippen molar-refractivity contribution in [1.82, 2.24) is 34.8 Å². The molecular formula is C26H23BrN8O3. The molecule has 11 nitrogen and oxygen atoms in total. The van der Waals surface area contributed by atoms with Gasteiger partial charge in [-0.2, -0.15) is 10.2 Å². The van der Waals surface area contributed by atoms with E-state index in [-0.39, 0.29) is 41.2 Å². The molecular weight excluding hydrogens is 552 g/mol. The van der Waals surface area contributed by atoms with E-state index in [9.17, 15) is 14.4 Å². The molecule has 2 aliphatic rings. The lowest BCUT2D eigenvalue weighted by Crippen LogP contribution is -2.45. The van der Waals surface area contributed by atoms with Crippen molar-refractivity contribution in [1.29, 1.82) is 0 Å². The van der Waals surface area contributed by atoms with Gasteiger partial charge in [0.15, 0.2) is 11.6 Å². The van der Waals surface area contributed by atoms with E-state index >= 15 is 0 Å². The topological polar surface area (TPSA) is 136 Å². The Morgan fingerprint density at radius 1 is 1.16 bits per heavy atom. The summed E-state index contributed by atoms with van der Waals surface area (Å²) in [6.07, 6.45) is 4.58. The predicted octanol–water partition coefficient (Wildman–Crippen LogP) is 3.59. The molecule has 1 amide bonds. The molecule has 3 atom stereocenters. The number of nitrogens with one attached hydrogen (secondary N) is 1. The maximum absolute atomic E-state index is 13.7. The molecule has 0 aromatic carbocycles. The van der Waals surface area contributed by atoms with Gasteiger partial charge in [-0.05, 0) is 64.5 Å². The van der Waals surface area contributed by atoms with Crippen molar-refractivity contribution < 1.29 is 14.4 Å². The van der Waals surface area contributed by atoms with Gasteiger partial charge in [0.1, 0.15) is 28.4 Å². The Labute approximate surface area is 225 Å². The van der Waals surface area contributed by atoms with Crippen molar-refractivity contribution in [2.45, 2.75) is 45.3 Å². The Balaban J connectivity index is 1.30. The number of anilines is 2. The number of fused-ring (bicyclic) bond motifs is 2. The third-order valence-electron chi connectivity index (χ3n) is 7.28. The number of pyridine rings is 2. The van der Waals surface area contributed by atoms with Crippen LogP contribution in [0.15, 0.2) is 53.4 Å². The molecule has 192 valence electrons. The minimum atomic E-state index is -0.594. The predicted molar refractivity (Wildman–Crippen MR) is 141 cm³/mol. The minimum Gasteiger partial charge on any atom is -0.327 e. The first-order valence-electron chi connectivity index (χ1n) is 12.1. The Bertz CT molecular complexity index is 1610. The third-order valence-corrected chi connectivity index (χ3v) is 7.72. The number of halogens is 1. The summed E-state index contributed by atoms with van der Waals surface area (Å²) in [4.78, 5) is 49.9. The average molecular weight is 575 g/mol. The molecule has 4 aromatic heterocycles. The average Bonchev–Trinajstić information content (AvgIpc) is 3.27. The number of rotatable bonds is 7. The van der Waals surface area contributed by atoms with Gasteiger partial charge < -0.3 is 10.2 Å². The fourth-order valence-corrected chi connectivity index (χ4v) is 5.65. The van der Waals surface area contributed by atoms with E-state index in [4.69, 9.17) is 0 Å². The summed E-state index contributed by atoms with van der Waals surface area (Å²) in [5.41, 5.74) is 1.02. The highest BCUT2D eigenvalue weighted by Crippen LogP contribution is 2.59. The minimum absolute atomic E-state index is 0.00823. The van der Waals surface area contributed by atoms with Crippen LogP contribution in [-0.4, -0.2) is 64.4 Å². The second-order valence-corrected chi connectivity index (χ2v) is 10.8. The van der Waals surface area contributed by atoms with Crippen molar-refractivity contribution in [2.75, 3.05) is 5.32 Å². The Hall–Kier alpha value is -4.06. The number of hydrogen-bond donors (Lipinski definition) is 1. The molecule has 38 heavy (non-hydrogen) atoms. The molecule has 6 rings (SSSR count). The lowest BCUT2D eigenvalue weighted by molar-refractivity contribution is -0.133. The number of nitrogens with zero attached hydrogens (tertiary/aromatic N) is 7. The number of piperidine rings is 1. The van der Waals surface area contributed by atoms with E-state index in [0.29, 0.717) is 39.3 Å². The Morgan fingerprint density at radius 3 is 2.74 bits per heavy atom. The second-order valence-electron chi connectivity index (χ2n) is 9.99. The molecule has 2 fully saturated rings. The van der Waals surface area contributed by atoms with E-state index in [1.807, 2.05) is 0 Å². The van der Waals surface area contributed by atoms with Gasteiger partial charge in [0.05, 0.1) is 17.8 Å². The van der Waals surface area contributed by atoms with Crippen LogP contribution in [0.4, 0.5) is 11.6 Å². The normalized spacial score (nSPS) is 21.8. The maximum atomic E-state index is 13.7. The summed E-state index contributed by atoms with van der Waals surface area (Å²) in [5, 5.41) is 15.9. The van der Waals surface area contributed by atoms with Gasteiger partial charge in [-0.15, -0.1) is 5.10 Å². The fraction of sp³-hybridized carbons (Fsp3) is 0.308. The van der Waals surface area contributed by atoms with E-state index < -0.39 is 6.04 Å². The first-order valence-corrected chi connectivity index (χ1v) is 12.9. The van der Waals surface area contributed by atoms with Crippen molar-refractivity contribution >= 4 is 55.9 Å². The first-order chi connectivity index (χ1) is 18.2. The molecule has 0 spiro atoms. The molecule has 0 radical (unpaired) electrons. The van der Waals surface area contributed by atoms with E-state index in [0.717, 1.165) is 6.42 Å². The van der Waals surface area contributed by atoms with Gasteiger partial charge >= 0.3 is 0 Å². The number of ketones is 2. The Morgan fingerprint density at radius 2 is 2.00 bits per heavy atom. The van der Waals surface area contributed by atoms with Gasteiger partial charge in [0, 0.05) is 24.5 Å². The molecule has 1 aliphatic heterocycles. The molecule has 3 unspecified atom stereocenters. The third kappa shape index (κ3) is 4.24. The summed E-state index contributed by atoms with van der Waals surface area (Å²) in [7, 11) is 0. The monoisotopic (exact) mass is 574 g/mol. The van der Waals surface area contributed by atoms with Gasteiger partial charge in [-0.1, -0.05) is 13.0 Å². The molecule has 1 aliphatic carbocycles. The summed E-state index contributed by atoms with van der Waals surface area (Å²) in [5.74, 6) is 0.327. The number of carbonyl (C=O) groups is 3. The lowest BCUT2D eigenvalue weighted by atomic mass is 9.97. The number of aromatic nitrogens is 6. The van der Waals surface area contributed by atoms with Crippen molar-refractivity contribution in [2.24, 2.45) is 5.41 Å². The van der Waals surface area contributed by atoms with Crippen LogP contribution in [0.5, 0.6) is 0 Å². The Kier molecular flexibility index (Phi) is 5.78. The van der Waals surface area contributed by atoms with Gasteiger partial charge in [0.2, 0.25) is 11.7 Å². The molecule has 12 heteroatoms. The van der Waals surface area contributed by atoms with Gasteiger partial charge in [0.25, 0.3) is 0 Å². The molecule has 4 aromatic rings. The number of hydrogen-bond acceptors (Lipinski definition) is 9. The highest BCUT2D eigenvalue weighted by Gasteiger charge is 2.64. The van der Waals surface area contributed by atoms with Gasteiger partial charge in [-0.3, -0.25) is 19.1 Å². The SMILES string of the molecule is CC(=O)c1nn(CC(=O)N2C(C(=O)c3cccc(Br)n3)CC3(C)CC23)c2cnc(Nc3cccnn3)cc12. The molecule has 1 saturated carbocycles. The molecule has 1 saturated heterocycles. The van der Waals surface area contributed by atoms with Crippen LogP contribution >= 0.6 is 15.9 Å². The van der Waals surface area contributed by atoms with Crippen molar-refractivity contribution in [3.05, 3.63) is 64.8 Å². The highest BCUT2D eigenvalue weighted by atomic mass is 79.9. The highest BCUT2D eigenvalue weighted by molar-refractivity contribution is 9.10. The molecule has 1 N–H and O–H groups in total. The van der Waals surface area contributed by atoms with Crippen LogP contribution in [0, 0.1) is 5.41 Å². The summed E-state index contributed by atoms with van der Waals surface area (Å²) >= 11 is 3.32. The van der Waals surface area contributed by atoms with Crippen molar-refractivity contribution in [3.63, 3.8) is 0 Å². The van der Waals surface area contributed by atoms with E-state index in [1.165, 1.54) is 11.6 Å². The summed E-state index contributed by atoms with van der Waals surface area (Å²) < 4.78 is 2.06. The molecule has 0 bridgehead atoms.